The first-order valence-electron chi connectivity index (χ1n) is 6.76. The van der Waals surface area contributed by atoms with Gasteiger partial charge in [-0.2, -0.15) is 0 Å². The van der Waals surface area contributed by atoms with Crippen LogP contribution in [-0.4, -0.2) is 25.5 Å². The molecule has 0 heterocycles. The van der Waals surface area contributed by atoms with Crippen molar-refractivity contribution in [2.75, 3.05) is 19.8 Å². The molecule has 0 spiro atoms. The van der Waals surface area contributed by atoms with Gasteiger partial charge in [0, 0.05) is 8.99 Å². The van der Waals surface area contributed by atoms with Crippen molar-refractivity contribution in [3.63, 3.8) is 0 Å². The van der Waals surface area contributed by atoms with E-state index < -0.39 is 5.41 Å². The normalized spacial score (nSPS) is 14.9. The summed E-state index contributed by atoms with van der Waals surface area (Å²) in [6.45, 7) is 9.18. The van der Waals surface area contributed by atoms with Gasteiger partial charge in [-0.1, -0.05) is 26.0 Å². The number of ketones is 1. The zero-order valence-electron chi connectivity index (χ0n) is 12.7. The summed E-state index contributed by atoms with van der Waals surface area (Å²) in [7, 11) is 0. The fraction of sp³-hybridized carbons (Fsp3) is 0.562. The third kappa shape index (κ3) is 4.53. The minimum absolute atomic E-state index is 0.0667. The molecule has 0 radical (unpaired) electrons. The largest absolute Gasteiger partial charge is 0.379 e. The number of nitrogens with two attached hydrogens (primary N) is 1. The molecule has 0 aromatic heterocycles. The van der Waals surface area contributed by atoms with Gasteiger partial charge in [0.15, 0.2) is 0 Å². The monoisotopic (exact) mass is 389 g/mol. The van der Waals surface area contributed by atoms with Crippen LogP contribution in [0.5, 0.6) is 0 Å². The van der Waals surface area contributed by atoms with Gasteiger partial charge in [0.25, 0.3) is 0 Å². The van der Waals surface area contributed by atoms with E-state index in [4.69, 9.17) is 10.5 Å². The second-order valence-electron chi connectivity index (χ2n) is 6.26. The predicted octanol–water partition coefficient (Wildman–Crippen LogP) is 3.14. The molecule has 0 saturated heterocycles. The molecule has 112 valence electrons. The Morgan fingerprint density at radius 3 is 2.45 bits per heavy atom. The average molecular weight is 389 g/mol. The maximum atomic E-state index is 12.1. The Morgan fingerprint density at radius 2 is 1.95 bits per heavy atom. The van der Waals surface area contributed by atoms with Crippen LogP contribution in [0.25, 0.3) is 0 Å². The standard InChI is InChI=1S/C16H24INO2/c1-12(19)16(4,11-20-10-15(2,3)9-18)13-6-5-7-14(17)8-13/h5-8H,9-11,18H2,1-4H3. The Bertz CT molecular complexity index is 473. The zero-order valence-corrected chi connectivity index (χ0v) is 14.9. The summed E-state index contributed by atoms with van der Waals surface area (Å²) in [6, 6.07) is 8.02. The summed E-state index contributed by atoms with van der Waals surface area (Å²) >= 11 is 2.26. The Morgan fingerprint density at radius 1 is 1.30 bits per heavy atom. The van der Waals surface area contributed by atoms with Crippen LogP contribution < -0.4 is 5.73 Å². The molecule has 0 aliphatic rings. The van der Waals surface area contributed by atoms with Gasteiger partial charge >= 0.3 is 0 Å². The van der Waals surface area contributed by atoms with Crippen molar-refractivity contribution in [3.8, 4) is 0 Å². The lowest BCUT2D eigenvalue weighted by Crippen LogP contribution is -2.38. The maximum Gasteiger partial charge on any atom is 0.142 e. The van der Waals surface area contributed by atoms with E-state index in [9.17, 15) is 4.79 Å². The quantitative estimate of drug-likeness (QED) is 0.729. The minimum atomic E-state index is -0.605. The van der Waals surface area contributed by atoms with E-state index in [2.05, 4.69) is 36.4 Å². The summed E-state index contributed by atoms with van der Waals surface area (Å²) in [5, 5.41) is 0. The number of Topliss-reactive ketones (excluding diaryl/α,β-unsaturated/α-hetero) is 1. The number of hydrogen-bond acceptors (Lipinski definition) is 3. The van der Waals surface area contributed by atoms with E-state index in [1.807, 2.05) is 31.2 Å². The molecule has 4 heteroatoms. The molecule has 0 bridgehead atoms. The smallest absolute Gasteiger partial charge is 0.142 e. The highest BCUT2D eigenvalue weighted by atomic mass is 127. The number of carbonyl (C=O) groups is 1. The van der Waals surface area contributed by atoms with Crippen molar-refractivity contribution in [2.45, 2.75) is 33.1 Å². The highest BCUT2D eigenvalue weighted by Crippen LogP contribution is 2.27. The molecule has 0 amide bonds. The fourth-order valence-electron chi connectivity index (χ4n) is 1.81. The molecule has 2 N–H and O–H groups in total. The zero-order chi connectivity index (χ0) is 15.4. The Labute approximate surface area is 135 Å². The summed E-state index contributed by atoms with van der Waals surface area (Å²) in [6.07, 6.45) is 0. The van der Waals surface area contributed by atoms with Crippen LogP contribution in [0, 0.1) is 8.99 Å². The van der Waals surface area contributed by atoms with E-state index >= 15 is 0 Å². The van der Waals surface area contributed by atoms with Crippen molar-refractivity contribution in [3.05, 3.63) is 33.4 Å². The van der Waals surface area contributed by atoms with Gasteiger partial charge in [0.2, 0.25) is 0 Å². The molecule has 20 heavy (non-hydrogen) atoms. The average Bonchev–Trinajstić information content (AvgIpc) is 2.38. The first kappa shape index (κ1) is 17.6. The number of carbonyl (C=O) groups excluding carboxylic acids is 1. The van der Waals surface area contributed by atoms with E-state index in [1.54, 1.807) is 6.92 Å². The molecule has 1 rings (SSSR count). The van der Waals surface area contributed by atoms with Gasteiger partial charge in [-0.15, -0.1) is 0 Å². The van der Waals surface area contributed by atoms with Gasteiger partial charge in [-0.25, -0.2) is 0 Å². The van der Waals surface area contributed by atoms with Gasteiger partial charge in [-0.05, 0) is 60.7 Å². The second-order valence-corrected chi connectivity index (χ2v) is 7.51. The van der Waals surface area contributed by atoms with Crippen molar-refractivity contribution < 1.29 is 9.53 Å². The third-order valence-corrected chi connectivity index (χ3v) is 4.35. The molecule has 0 fully saturated rings. The number of hydrogen-bond donors (Lipinski definition) is 1. The molecule has 0 saturated carbocycles. The van der Waals surface area contributed by atoms with E-state index in [0.717, 1.165) is 9.13 Å². The molecule has 1 aromatic rings. The van der Waals surface area contributed by atoms with Crippen LogP contribution in [0.4, 0.5) is 0 Å². The van der Waals surface area contributed by atoms with Crippen molar-refractivity contribution >= 4 is 28.4 Å². The number of halogens is 1. The Balaban J connectivity index is 2.86. The fourth-order valence-corrected chi connectivity index (χ4v) is 2.35. The first-order chi connectivity index (χ1) is 9.21. The van der Waals surface area contributed by atoms with Crippen molar-refractivity contribution in [1.29, 1.82) is 0 Å². The number of benzene rings is 1. The Hall–Kier alpha value is -0.460. The van der Waals surface area contributed by atoms with Crippen LogP contribution in [0.2, 0.25) is 0 Å². The highest BCUT2D eigenvalue weighted by molar-refractivity contribution is 14.1. The highest BCUT2D eigenvalue weighted by Gasteiger charge is 2.33. The summed E-state index contributed by atoms with van der Waals surface area (Å²) in [5.74, 6) is 0.116. The summed E-state index contributed by atoms with van der Waals surface area (Å²) < 4.78 is 6.93. The van der Waals surface area contributed by atoms with Crippen LogP contribution in [0.1, 0.15) is 33.3 Å². The molecule has 1 atom stereocenters. The van der Waals surface area contributed by atoms with Crippen molar-refractivity contribution in [2.24, 2.45) is 11.1 Å². The maximum absolute atomic E-state index is 12.1. The summed E-state index contributed by atoms with van der Waals surface area (Å²) in [4.78, 5) is 12.1. The third-order valence-electron chi connectivity index (χ3n) is 3.67. The van der Waals surface area contributed by atoms with Gasteiger partial charge in [0.05, 0.1) is 18.6 Å². The van der Waals surface area contributed by atoms with E-state index in [0.29, 0.717) is 19.8 Å². The van der Waals surface area contributed by atoms with Crippen molar-refractivity contribution in [1.82, 2.24) is 0 Å². The van der Waals surface area contributed by atoms with Gasteiger partial charge < -0.3 is 10.5 Å². The minimum Gasteiger partial charge on any atom is -0.379 e. The number of ether oxygens (including phenoxy) is 1. The lowest BCUT2D eigenvalue weighted by molar-refractivity contribution is -0.124. The van der Waals surface area contributed by atoms with Crippen LogP contribution in [-0.2, 0) is 14.9 Å². The SMILES string of the molecule is CC(=O)C(C)(COCC(C)(C)CN)c1cccc(I)c1. The lowest BCUT2D eigenvalue weighted by atomic mass is 9.80. The van der Waals surface area contributed by atoms with Crippen LogP contribution in [0.15, 0.2) is 24.3 Å². The van der Waals surface area contributed by atoms with E-state index in [1.165, 1.54) is 0 Å². The summed E-state index contributed by atoms with van der Waals surface area (Å²) in [5.41, 5.74) is 6.03. The number of rotatable bonds is 7. The molecule has 0 aliphatic carbocycles. The van der Waals surface area contributed by atoms with Gasteiger partial charge in [-0.3, -0.25) is 4.79 Å². The molecule has 0 aliphatic heterocycles. The predicted molar refractivity (Wildman–Crippen MR) is 90.8 cm³/mol. The topological polar surface area (TPSA) is 52.3 Å². The molecular formula is C16H24INO2. The Kier molecular flexibility index (Phi) is 6.16. The molecule has 3 nitrogen and oxygen atoms in total. The van der Waals surface area contributed by atoms with E-state index in [-0.39, 0.29) is 11.2 Å². The molecular weight excluding hydrogens is 365 g/mol. The molecule has 1 unspecified atom stereocenters. The second kappa shape index (κ2) is 7.00. The van der Waals surface area contributed by atoms with Crippen LogP contribution in [0.3, 0.4) is 0 Å². The van der Waals surface area contributed by atoms with Crippen LogP contribution >= 0.6 is 22.6 Å². The lowest BCUT2D eigenvalue weighted by Gasteiger charge is -2.30. The van der Waals surface area contributed by atoms with Gasteiger partial charge in [0.1, 0.15) is 5.78 Å². The first-order valence-corrected chi connectivity index (χ1v) is 7.84. The molecule has 1 aromatic carbocycles.